The summed E-state index contributed by atoms with van der Waals surface area (Å²) in [5.41, 5.74) is 1.25. The molecular weight excluding hydrogens is 440 g/mol. The molecule has 0 fully saturated rings. The topological polar surface area (TPSA) is 90.5 Å². The molecule has 9 heteroatoms. The number of nitrogens with zero attached hydrogens (tertiary/aromatic N) is 1. The maximum Gasteiger partial charge on any atom is 0.341 e. The third kappa shape index (κ3) is 4.60. The van der Waals surface area contributed by atoms with Crippen molar-refractivity contribution >= 4 is 50.8 Å². The second-order valence-corrected chi connectivity index (χ2v) is 8.23. The summed E-state index contributed by atoms with van der Waals surface area (Å²) in [4.78, 5) is 34.3. The molecule has 0 saturated heterocycles. The van der Waals surface area contributed by atoms with E-state index in [1.54, 1.807) is 25.1 Å². The van der Waals surface area contributed by atoms with Crippen LogP contribution in [0.1, 0.15) is 35.7 Å². The number of H-pyrrole nitrogens is 1. The van der Waals surface area contributed by atoms with Gasteiger partial charge in [-0.25, -0.2) is 9.78 Å². The van der Waals surface area contributed by atoms with Crippen LogP contribution >= 0.6 is 22.9 Å². The van der Waals surface area contributed by atoms with Crippen molar-refractivity contribution in [2.24, 2.45) is 0 Å². The average molecular weight is 463 g/mol. The number of hydrogen-bond donors (Lipinski definition) is 1. The van der Waals surface area contributed by atoms with Gasteiger partial charge in [-0.2, -0.15) is 0 Å². The van der Waals surface area contributed by atoms with Crippen LogP contribution in [0, 0.1) is 13.8 Å². The molecule has 0 aliphatic heterocycles. The van der Waals surface area contributed by atoms with Crippen molar-refractivity contribution in [3.05, 3.63) is 49.3 Å². The first-order valence-corrected chi connectivity index (χ1v) is 10.9. The summed E-state index contributed by atoms with van der Waals surface area (Å²) >= 11 is 7.75. The number of nitrogens with one attached hydrogen (secondary N) is 1. The molecule has 0 amide bonds. The lowest BCUT2D eigenvalue weighted by Gasteiger charge is -2.12. The van der Waals surface area contributed by atoms with Gasteiger partial charge in [0.2, 0.25) is 0 Å². The van der Waals surface area contributed by atoms with Crippen molar-refractivity contribution in [1.29, 1.82) is 0 Å². The van der Waals surface area contributed by atoms with Gasteiger partial charge in [0, 0.05) is 4.88 Å². The molecule has 3 rings (SSSR count). The number of methoxy groups -OCH3 is 1. The molecule has 0 bridgehead atoms. The highest BCUT2D eigenvalue weighted by Crippen LogP contribution is 2.37. The first kappa shape index (κ1) is 22.8. The van der Waals surface area contributed by atoms with Gasteiger partial charge < -0.3 is 19.2 Å². The van der Waals surface area contributed by atoms with E-state index in [2.05, 4.69) is 9.97 Å². The van der Waals surface area contributed by atoms with Crippen LogP contribution in [0.4, 0.5) is 0 Å². The smallest absolute Gasteiger partial charge is 0.341 e. The van der Waals surface area contributed by atoms with Crippen LogP contribution < -0.4 is 15.0 Å². The largest absolute Gasteiger partial charge is 0.491 e. The molecule has 2 heterocycles. The van der Waals surface area contributed by atoms with Crippen molar-refractivity contribution in [2.45, 2.75) is 27.7 Å². The lowest BCUT2D eigenvalue weighted by Crippen LogP contribution is -2.15. The standard InChI is InChI=1S/C22H23ClN2O5S/c1-6-29-16-10-13(9-15(23)18(16)28-5)8-14(22(27)30-7-2)19-24-20(26)17-11(3)12(4)31-21(17)25-19/h8-10H,6-7H2,1-5H3,(H,24,25,26)/b14-8+. The minimum absolute atomic E-state index is 0.105. The predicted molar refractivity (Wildman–Crippen MR) is 123 cm³/mol. The lowest BCUT2D eigenvalue weighted by atomic mass is 10.1. The van der Waals surface area contributed by atoms with E-state index < -0.39 is 5.97 Å². The number of esters is 1. The molecule has 0 spiro atoms. The van der Waals surface area contributed by atoms with Gasteiger partial charge in [0.15, 0.2) is 11.5 Å². The number of hydrogen-bond acceptors (Lipinski definition) is 7. The van der Waals surface area contributed by atoms with Crippen LogP contribution in [-0.2, 0) is 9.53 Å². The fourth-order valence-corrected chi connectivity index (χ4v) is 4.44. The summed E-state index contributed by atoms with van der Waals surface area (Å²) in [7, 11) is 1.50. The number of rotatable bonds is 7. The van der Waals surface area contributed by atoms with Gasteiger partial charge in [0.1, 0.15) is 16.2 Å². The highest BCUT2D eigenvalue weighted by atomic mass is 35.5. The molecule has 7 nitrogen and oxygen atoms in total. The molecule has 0 saturated carbocycles. The number of halogens is 1. The van der Waals surface area contributed by atoms with E-state index in [9.17, 15) is 9.59 Å². The Bertz CT molecular complexity index is 1230. The van der Waals surface area contributed by atoms with Crippen molar-refractivity contribution in [3.8, 4) is 11.5 Å². The Morgan fingerprint density at radius 3 is 2.65 bits per heavy atom. The maximum atomic E-state index is 12.7. The first-order chi connectivity index (χ1) is 14.8. The molecule has 0 unspecified atom stereocenters. The molecule has 3 aromatic rings. The number of aromatic amines is 1. The number of carbonyl (C=O) groups is 1. The molecule has 164 valence electrons. The van der Waals surface area contributed by atoms with Crippen molar-refractivity contribution < 1.29 is 19.0 Å². The minimum Gasteiger partial charge on any atom is -0.491 e. The van der Waals surface area contributed by atoms with Crippen LogP contribution in [0.3, 0.4) is 0 Å². The van der Waals surface area contributed by atoms with E-state index in [0.717, 1.165) is 10.4 Å². The summed E-state index contributed by atoms with van der Waals surface area (Å²) < 4.78 is 16.1. The Morgan fingerprint density at radius 1 is 1.26 bits per heavy atom. The molecule has 31 heavy (non-hydrogen) atoms. The summed E-state index contributed by atoms with van der Waals surface area (Å²) in [6, 6.07) is 3.34. The molecule has 0 aliphatic rings. The normalized spacial score (nSPS) is 11.6. The van der Waals surface area contributed by atoms with Crippen LogP contribution in [-0.4, -0.2) is 36.3 Å². The van der Waals surface area contributed by atoms with Gasteiger partial charge in [-0.05, 0) is 57.0 Å². The Balaban J connectivity index is 2.21. The number of thiophene rings is 1. The third-order valence-corrected chi connectivity index (χ3v) is 6.02. The monoisotopic (exact) mass is 462 g/mol. The van der Waals surface area contributed by atoms with Gasteiger partial charge in [0.05, 0.1) is 30.7 Å². The second kappa shape index (κ2) is 9.53. The summed E-state index contributed by atoms with van der Waals surface area (Å²) in [6.45, 7) is 7.94. The molecule has 1 aromatic carbocycles. The Morgan fingerprint density at radius 2 is 2.00 bits per heavy atom. The number of carbonyl (C=O) groups excluding carboxylic acids is 1. The van der Waals surface area contributed by atoms with E-state index >= 15 is 0 Å². The number of ether oxygens (including phenoxy) is 3. The van der Waals surface area contributed by atoms with Crippen molar-refractivity contribution in [3.63, 3.8) is 0 Å². The zero-order chi connectivity index (χ0) is 22.7. The average Bonchev–Trinajstić information content (AvgIpc) is 3.00. The fourth-order valence-electron chi connectivity index (χ4n) is 3.11. The summed E-state index contributed by atoms with van der Waals surface area (Å²) in [6.07, 6.45) is 1.56. The zero-order valence-electron chi connectivity index (χ0n) is 17.9. The molecule has 1 N–H and O–H groups in total. The van der Waals surface area contributed by atoms with Gasteiger partial charge in [-0.1, -0.05) is 11.6 Å². The highest BCUT2D eigenvalue weighted by Gasteiger charge is 2.20. The fraction of sp³-hybridized carbons (Fsp3) is 0.318. The third-order valence-electron chi connectivity index (χ3n) is 4.64. The second-order valence-electron chi connectivity index (χ2n) is 6.62. The van der Waals surface area contributed by atoms with E-state index in [1.165, 1.54) is 18.4 Å². The Hall–Kier alpha value is -2.84. The number of benzene rings is 1. The molecule has 0 atom stereocenters. The maximum absolute atomic E-state index is 12.7. The lowest BCUT2D eigenvalue weighted by molar-refractivity contribution is -0.136. The molecular formula is C22H23ClN2O5S. The van der Waals surface area contributed by atoms with Crippen LogP contribution in [0.2, 0.25) is 5.02 Å². The minimum atomic E-state index is -0.611. The Labute approximate surface area is 188 Å². The first-order valence-electron chi connectivity index (χ1n) is 9.70. The molecule has 2 aromatic heterocycles. The predicted octanol–water partition coefficient (Wildman–Crippen LogP) is 4.77. The van der Waals surface area contributed by atoms with Crippen molar-refractivity contribution in [2.75, 3.05) is 20.3 Å². The Kier molecular flexibility index (Phi) is 7.02. The number of aromatic nitrogens is 2. The van der Waals surface area contributed by atoms with E-state index in [0.29, 0.717) is 38.9 Å². The SMILES string of the molecule is CCOC(=O)/C(=C/c1cc(Cl)c(OC)c(OCC)c1)c1nc2sc(C)c(C)c2c(=O)[nH]1. The van der Waals surface area contributed by atoms with Gasteiger partial charge in [0.25, 0.3) is 5.56 Å². The van der Waals surface area contributed by atoms with Gasteiger partial charge >= 0.3 is 5.97 Å². The van der Waals surface area contributed by atoms with E-state index in [4.69, 9.17) is 25.8 Å². The molecule has 0 radical (unpaired) electrons. The van der Waals surface area contributed by atoms with Gasteiger partial charge in [-0.15, -0.1) is 11.3 Å². The number of aryl methyl sites for hydroxylation is 2. The quantitative estimate of drug-likeness (QED) is 0.402. The number of fused-ring (bicyclic) bond motifs is 1. The van der Waals surface area contributed by atoms with Gasteiger partial charge in [-0.3, -0.25) is 4.79 Å². The van der Waals surface area contributed by atoms with Crippen LogP contribution in [0.15, 0.2) is 16.9 Å². The van der Waals surface area contributed by atoms with Crippen LogP contribution in [0.25, 0.3) is 21.9 Å². The summed E-state index contributed by atoms with van der Waals surface area (Å²) in [5.74, 6) is 0.353. The van der Waals surface area contributed by atoms with E-state index in [1.807, 2.05) is 20.8 Å². The van der Waals surface area contributed by atoms with E-state index in [-0.39, 0.29) is 23.6 Å². The van der Waals surface area contributed by atoms with Crippen LogP contribution in [0.5, 0.6) is 11.5 Å². The molecule has 0 aliphatic carbocycles. The summed E-state index contributed by atoms with van der Waals surface area (Å²) in [5, 5.41) is 0.852. The highest BCUT2D eigenvalue weighted by molar-refractivity contribution is 7.18. The van der Waals surface area contributed by atoms with Crippen molar-refractivity contribution in [1.82, 2.24) is 9.97 Å². The zero-order valence-corrected chi connectivity index (χ0v) is 19.5.